The largest absolute Gasteiger partial charge is 0.481 e. The standard InChI is InChI=1S/C12H18N2O6/c15-9-10(13-18)8-11(14(19)20)6-4-2-1-3-5-7-12(16)17/h8-10H,1-7H2,(H,16,17). The molecule has 1 N–H and O–H groups in total. The number of carboxylic acids is 1. The zero-order valence-electron chi connectivity index (χ0n) is 11.1. The van der Waals surface area contributed by atoms with Gasteiger partial charge in [0, 0.05) is 18.9 Å². The van der Waals surface area contributed by atoms with Crippen LogP contribution >= 0.6 is 0 Å². The van der Waals surface area contributed by atoms with E-state index in [2.05, 4.69) is 5.18 Å². The topological polar surface area (TPSA) is 127 Å². The number of allylic oxidation sites excluding steroid dienone is 1. The Morgan fingerprint density at radius 3 is 2.20 bits per heavy atom. The van der Waals surface area contributed by atoms with Crippen LogP contribution in [-0.2, 0) is 9.59 Å². The van der Waals surface area contributed by atoms with E-state index >= 15 is 0 Å². The van der Waals surface area contributed by atoms with Gasteiger partial charge < -0.3 is 9.90 Å². The number of nitrogens with zero attached hydrogens (tertiary/aromatic N) is 2. The number of carboxylic acid groups (broad SMARTS) is 1. The fraction of sp³-hybridized carbons (Fsp3) is 0.667. The van der Waals surface area contributed by atoms with Crippen molar-refractivity contribution in [2.24, 2.45) is 5.18 Å². The summed E-state index contributed by atoms with van der Waals surface area (Å²) in [6.07, 6.45) is 4.92. The lowest BCUT2D eigenvalue weighted by atomic mass is 10.1. The van der Waals surface area contributed by atoms with Gasteiger partial charge in [-0.15, -0.1) is 4.91 Å². The minimum atomic E-state index is -1.31. The number of hydrogen-bond acceptors (Lipinski definition) is 6. The van der Waals surface area contributed by atoms with Crippen molar-refractivity contribution in [3.63, 3.8) is 0 Å². The number of nitro groups is 1. The maximum Gasteiger partial charge on any atom is 0.303 e. The molecule has 1 atom stereocenters. The molecule has 0 aliphatic heterocycles. The summed E-state index contributed by atoms with van der Waals surface area (Å²) in [7, 11) is 0. The second-order valence-electron chi connectivity index (χ2n) is 4.31. The molecule has 0 amide bonds. The molecule has 0 saturated carbocycles. The zero-order chi connectivity index (χ0) is 15.4. The van der Waals surface area contributed by atoms with E-state index in [4.69, 9.17) is 5.11 Å². The first-order valence-electron chi connectivity index (χ1n) is 6.36. The fourth-order valence-corrected chi connectivity index (χ4v) is 1.64. The van der Waals surface area contributed by atoms with E-state index in [0.717, 1.165) is 25.3 Å². The molecule has 8 nitrogen and oxygen atoms in total. The second kappa shape index (κ2) is 10.8. The lowest BCUT2D eigenvalue weighted by Crippen LogP contribution is -2.07. The summed E-state index contributed by atoms with van der Waals surface area (Å²) in [6, 6.07) is -1.31. The number of unbranched alkanes of at least 4 members (excludes halogenated alkanes) is 4. The molecule has 0 aliphatic rings. The van der Waals surface area contributed by atoms with Crippen LogP contribution in [0.3, 0.4) is 0 Å². The third-order valence-corrected chi connectivity index (χ3v) is 2.68. The summed E-state index contributed by atoms with van der Waals surface area (Å²) < 4.78 is 0. The highest BCUT2D eigenvalue weighted by Gasteiger charge is 2.14. The van der Waals surface area contributed by atoms with Crippen LogP contribution in [0.4, 0.5) is 0 Å². The van der Waals surface area contributed by atoms with E-state index in [1.807, 2.05) is 0 Å². The molecule has 0 fully saturated rings. The van der Waals surface area contributed by atoms with Crippen molar-refractivity contribution in [3.8, 4) is 0 Å². The third-order valence-electron chi connectivity index (χ3n) is 2.68. The summed E-state index contributed by atoms with van der Waals surface area (Å²) in [5, 5.41) is 21.6. The van der Waals surface area contributed by atoms with Crippen LogP contribution in [0.1, 0.15) is 44.9 Å². The third kappa shape index (κ3) is 8.90. The van der Waals surface area contributed by atoms with Crippen LogP contribution in [0.25, 0.3) is 0 Å². The van der Waals surface area contributed by atoms with Gasteiger partial charge in [-0.1, -0.05) is 24.4 Å². The van der Waals surface area contributed by atoms with Crippen molar-refractivity contribution < 1.29 is 19.6 Å². The van der Waals surface area contributed by atoms with Gasteiger partial charge in [-0.3, -0.25) is 14.9 Å². The summed E-state index contributed by atoms with van der Waals surface area (Å²) in [4.78, 5) is 41.0. The molecule has 0 aromatic rings. The van der Waals surface area contributed by atoms with Crippen LogP contribution in [0.5, 0.6) is 0 Å². The molecule has 0 rings (SSSR count). The van der Waals surface area contributed by atoms with E-state index in [0.29, 0.717) is 12.8 Å². The lowest BCUT2D eigenvalue weighted by molar-refractivity contribution is -0.428. The molecule has 0 aliphatic carbocycles. The molecule has 8 heteroatoms. The van der Waals surface area contributed by atoms with Gasteiger partial charge in [-0.25, -0.2) is 0 Å². The maximum absolute atomic E-state index is 10.7. The van der Waals surface area contributed by atoms with Gasteiger partial charge >= 0.3 is 5.97 Å². The Hall–Kier alpha value is -2.12. The van der Waals surface area contributed by atoms with Gasteiger partial charge in [0.05, 0.1) is 4.92 Å². The molecule has 0 aromatic heterocycles. The minimum Gasteiger partial charge on any atom is -0.481 e. The average Bonchev–Trinajstić information content (AvgIpc) is 2.40. The molecule has 0 radical (unpaired) electrons. The quantitative estimate of drug-likeness (QED) is 0.193. The summed E-state index contributed by atoms with van der Waals surface area (Å²) in [5.41, 5.74) is -0.188. The van der Waals surface area contributed by atoms with Crippen LogP contribution < -0.4 is 0 Å². The summed E-state index contributed by atoms with van der Waals surface area (Å²) >= 11 is 0. The number of hydrogen-bond donors (Lipinski definition) is 1. The fourth-order valence-electron chi connectivity index (χ4n) is 1.64. The smallest absolute Gasteiger partial charge is 0.303 e. The molecular formula is C12H18N2O6. The number of aldehydes is 1. The second-order valence-corrected chi connectivity index (χ2v) is 4.31. The Bertz CT molecular complexity index is 372. The van der Waals surface area contributed by atoms with Crippen LogP contribution in [-0.4, -0.2) is 28.3 Å². The molecular weight excluding hydrogens is 268 g/mol. The van der Waals surface area contributed by atoms with Gasteiger partial charge in [0.15, 0.2) is 12.3 Å². The monoisotopic (exact) mass is 286 g/mol. The Balaban J connectivity index is 3.99. The first-order valence-corrected chi connectivity index (χ1v) is 6.36. The maximum atomic E-state index is 10.7. The molecule has 0 saturated heterocycles. The highest BCUT2D eigenvalue weighted by Crippen LogP contribution is 2.13. The van der Waals surface area contributed by atoms with Gasteiger partial charge in [0.2, 0.25) is 5.70 Å². The van der Waals surface area contributed by atoms with Crippen molar-refractivity contribution in [2.75, 3.05) is 0 Å². The van der Waals surface area contributed by atoms with E-state index in [1.165, 1.54) is 0 Å². The van der Waals surface area contributed by atoms with E-state index in [1.54, 1.807) is 0 Å². The molecule has 0 bridgehead atoms. The van der Waals surface area contributed by atoms with Crippen LogP contribution in [0.2, 0.25) is 0 Å². The van der Waals surface area contributed by atoms with Gasteiger partial charge in [0.25, 0.3) is 0 Å². The van der Waals surface area contributed by atoms with Gasteiger partial charge in [-0.05, 0) is 12.8 Å². The first-order chi connectivity index (χ1) is 9.51. The molecule has 112 valence electrons. The number of nitroso groups, excluding NO2 is 1. The highest BCUT2D eigenvalue weighted by atomic mass is 16.6. The van der Waals surface area contributed by atoms with Gasteiger partial charge in [0.1, 0.15) is 0 Å². The highest BCUT2D eigenvalue weighted by molar-refractivity contribution is 5.66. The van der Waals surface area contributed by atoms with Crippen molar-refractivity contribution >= 4 is 12.3 Å². The van der Waals surface area contributed by atoms with Crippen LogP contribution in [0, 0.1) is 15.0 Å². The molecule has 0 spiro atoms. The number of rotatable bonds is 12. The number of carbonyl (C=O) groups excluding carboxylic acids is 1. The van der Waals surface area contributed by atoms with Gasteiger partial charge in [-0.2, -0.15) is 0 Å². The normalized spacial score (nSPS) is 12.7. The Kier molecular flexibility index (Phi) is 9.63. The van der Waals surface area contributed by atoms with Crippen molar-refractivity contribution in [1.82, 2.24) is 0 Å². The number of aliphatic carboxylic acids is 1. The average molecular weight is 286 g/mol. The summed E-state index contributed by atoms with van der Waals surface area (Å²) in [6.45, 7) is 0. The summed E-state index contributed by atoms with van der Waals surface area (Å²) in [5.74, 6) is -0.829. The molecule has 0 heterocycles. The van der Waals surface area contributed by atoms with Crippen molar-refractivity contribution in [1.29, 1.82) is 0 Å². The SMILES string of the molecule is O=CC(C=C(CCCCCCCC(=O)O)[N+](=O)[O-])N=O. The molecule has 20 heavy (non-hydrogen) atoms. The zero-order valence-corrected chi connectivity index (χ0v) is 11.1. The van der Waals surface area contributed by atoms with E-state index in [9.17, 15) is 24.6 Å². The molecule has 1 unspecified atom stereocenters. The Morgan fingerprint density at radius 1 is 1.20 bits per heavy atom. The van der Waals surface area contributed by atoms with Crippen molar-refractivity contribution in [3.05, 3.63) is 26.8 Å². The predicted molar refractivity (Wildman–Crippen MR) is 70.7 cm³/mol. The molecule has 0 aromatic carbocycles. The van der Waals surface area contributed by atoms with E-state index < -0.39 is 16.9 Å². The van der Waals surface area contributed by atoms with Crippen LogP contribution in [0.15, 0.2) is 16.9 Å². The Morgan fingerprint density at radius 2 is 1.75 bits per heavy atom. The predicted octanol–water partition coefficient (Wildman–Crippen LogP) is 2.30. The number of carbonyl (C=O) groups is 2. The van der Waals surface area contributed by atoms with Crippen molar-refractivity contribution in [2.45, 2.75) is 51.0 Å². The first kappa shape index (κ1) is 17.9. The lowest BCUT2D eigenvalue weighted by Gasteiger charge is -2.01. The van der Waals surface area contributed by atoms with E-state index in [-0.39, 0.29) is 24.8 Å². The Labute approximate surface area is 116 Å². The minimum absolute atomic E-state index is 0.131.